The summed E-state index contributed by atoms with van der Waals surface area (Å²) in [5.41, 5.74) is 10.5. The van der Waals surface area contributed by atoms with Gasteiger partial charge in [0, 0.05) is 16.1 Å². The van der Waals surface area contributed by atoms with Gasteiger partial charge in [0.15, 0.2) is 0 Å². The second-order valence-corrected chi connectivity index (χ2v) is 5.18. The molecule has 1 heterocycles. The maximum absolute atomic E-state index is 6.07. The van der Waals surface area contributed by atoms with Crippen LogP contribution in [0.1, 0.15) is 5.56 Å². The molecule has 100 valence electrons. The van der Waals surface area contributed by atoms with Crippen LogP contribution in [-0.4, -0.2) is 4.98 Å². The van der Waals surface area contributed by atoms with Gasteiger partial charge in [0.2, 0.25) is 0 Å². The number of halogens is 1. The molecule has 3 nitrogen and oxygen atoms in total. The third kappa shape index (κ3) is 2.40. The smallest absolute Gasteiger partial charge is 0.0746 e. The largest absolute Gasteiger partial charge is 0.396 e. The molecule has 0 radical (unpaired) electrons. The van der Waals surface area contributed by atoms with Gasteiger partial charge in [-0.15, -0.1) is 0 Å². The molecule has 0 aliphatic carbocycles. The molecular weight excluding hydrogens is 270 g/mol. The highest BCUT2D eigenvalue weighted by Gasteiger charge is 2.08. The van der Waals surface area contributed by atoms with Crippen LogP contribution >= 0.6 is 11.6 Å². The number of aromatic nitrogens is 1. The second-order valence-electron chi connectivity index (χ2n) is 4.74. The van der Waals surface area contributed by atoms with Crippen LogP contribution in [0.25, 0.3) is 10.9 Å². The lowest BCUT2D eigenvalue weighted by molar-refractivity contribution is 1.40. The minimum absolute atomic E-state index is 0.598. The summed E-state index contributed by atoms with van der Waals surface area (Å²) >= 11 is 6.07. The fourth-order valence-electron chi connectivity index (χ4n) is 2.19. The van der Waals surface area contributed by atoms with E-state index < -0.39 is 0 Å². The number of hydrogen-bond acceptors (Lipinski definition) is 3. The van der Waals surface area contributed by atoms with Crippen molar-refractivity contribution < 1.29 is 0 Å². The molecule has 3 rings (SSSR count). The van der Waals surface area contributed by atoms with Crippen molar-refractivity contribution in [3.8, 4) is 0 Å². The Balaban J connectivity index is 2.14. The highest BCUT2D eigenvalue weighted by molar-refractivity contribution is 6.31. The molecule has 0 atom stereocenters. The first-order valence-corrected chi connectivity index (χ1v) is 6.69. The van der Waals surface area contributed by atoms with Gasteiger partial charge < -0.3 is 11.1 Å². The van der Waals surface area contributed by atoms with Crippen molar-refractivity contribution in [3.05, 3.63) is 59.2 Å². The molecule has 0 aliphatic rings. The zero-order valence-electron chi connectivity index (χ0n) is 11.0. The molecule has 0 saturated carbocycles. The van der Waals surface area contributed by atoms with Crippen LogP contribution in [0.15, 0.2) is 48.7 Å². The number of benzene rings is 2. The van der Waals surface area contributed by atoms with Crippen LogP contribution in [0, 0.1) is 6.92 Å². The van der Waals surface area contributed by atoms with Gasteiger partial charge in [-0.3, -0.25) is 4.98 Å². The normalized spacial score (nSPS) is 10.7. The number of aryl methyl sites for hydroxylation is 1. The Morgan fingerprint density at radius 3 is 2.80 bits per heavy atom. The van der Waals surface area contributed by atoms with Gasteiger partial charge in [0.05, 0.1) is 23.1 Å². The highest BCUT2D eigenvalue weighted by atomic mass is 35.5. The Morgan fingerprint density at radius 2 is 2.00 bits per heavy atom. The predicted molar refractivity (Wildman–Crippen MR) is 85.6 cm³/mol. The summed E-state index contributed by atoms with van der Waals surface area (Å²) in [6, 6.07) is 13.7. The van der Waals surface area contributed by atoms with Gasteiger partial charge in [-0.25, -0.2) is 0 Å². The maximum atomic E-state index is 6.07. The van der Waals surface area contributed by atoms with Gasteiger partial charge >= 0.3 is 0 Å². The third-order valence-electron chi connectivity index (χ3n) is 3.15. The van der Waals surface area contributed by atoms with Crippen LogP contribution in [0.4, 0.5) is 17.1 Å². The van der Waals surface area contributed by atoms with E-state index >= 15 is 0 Å². The molecule has 0 fully saturated rings. The molecule has 0 amide bonds. The first-order chi connectivity index (χ1) is 9.63. The number of nitrogens with one attached hydrogen (secondary N) is 1. The lowest BCUT2D eigenvalue weighted by atomic mass is 10.1. The predicted octanol–water partition coefficient (Wildman–Crippen LogP) is 4.52. The van der Waals surface area contributed by atoms with E-state index in [1.54, 1.807) is 6.20 Å². The Kier molecular flexibility index (Phi) is 3.20. The van der Waals surface area contributed by atoms with Crippen molar-refractivity contribution in [2.75, 3.05) is 11.1 Å². The summed E-state index contributed by atoms with van der Waals surface area (Å²) in [5.74, 6) is 0. The summed E-state index contributed by atoms with van der Waals surface area (Å²) in [5, 5.41) is 4.94. The minimum atomic E-state index is 0.598. The molecule has 0 unspecified atom stereocenters. The van der Waals surface area contributed by atoms with Crippen molar-refractivity contribution in [2.24, 2.45) is 0 Å². The molecule has 0 spiro atoms. The highest BCUT2D eigenvalue weighted by Crippen LogP contribution is 2.32. The van der Waals surface area contributed by atoms with E-state index in [4.69, 9.17) is 17.3 Å². The molecule has 4 heteroatoms. The van der Waals surface area contributed by atoms with Crippen LogP contribution < -0.4 is 11.1 Å². The monoisotopic (exact) mass is 283 g/mol. The Labute approximate surface area is 122 Å². The van der Waals surface area contributed by atoms with Crippen molar-refractivity contribution in [1.29, 1.82) is 0 Å². The van der Waals surface area contributed by atoms with Gasteiger partial charge in [0.25, 0.3) is 0 Å². The topological polar surface area (TPSA) is 50.9 Å². The SMILES string of the molecule is Cc1cccc(Nc2c(N)cnc3ccc(Cl)cc23)c1. The molecule has 3 N–H and O–H groups in total. The van der Waals surface area contributed by atoms with E-state index in [0.717, 1.165) is 22.3 Å². The summed E-state index contributed by atoms with van der Waals surface area (Å²) < 4.78 is 0. The van der Waals surface area contributed by atoms with E-state index in [0.29, 0.717) is 10.7 Å². The summed E-state index contributed by atoms with van der Waals surface area (Å²) in [6.07, 6.45) is 1.66. The summed E-state index contributed by atoms with van der Waals surface area (Å²) in [6.45, 7) is 2.05. The summed E-state index contributed by atoms with van der Waals surface area (Å²) in [7, 11) is 0. The Hall–Kier alpha value is -2.26. The molecule has 1 aromatic heterocycles. The van der Waals surface area contributed by atoms with E-state index in [9.17, 15) is 0 Å². The van der Waals surface area contributed by atoms with E-state index in [1.165, 1.54) is 5.56 Å². The van der Waals surface area contributed by atoms with Crippen molar-refractivity contribution in [2.45, 2.75) is 6.92 Å². The molecule has 0 aliphatic heterocycles. The first-order valence-electron chi connectivity index (χ1n) is 6.31. The fourth-order valence-corrected chi connectivity index (χ4v) is 2.36. The average Bonchev–Trinajstić information content (AvgIpc) is 2.42. The Morgan fingerprint density at radius 1 is 1.15 bits per heavy atom. The van der Waals surface area contributed by atoms with Gasteiger partial charge in [-0.05, 0) is 42.8 Å². The average molecular weight is 284 g/mol. The lowest BCUT2D eigenvalue weighted by Gasteiger charge is -2.13. The second kappa shape index (κ2) is 5.02. The van der Waals surface area contributed by atoms with Crippen molar-refractivity contribution in [1.82, 2.24) is 4.98 Å². The standard InChI is InChI=1S/C16H14ClN3/c1-10-3-2-4-12(7-10)20-16-13-8-11(17)5-6-15(13)19-9-14(16)18/h2-9H,18H2,1H3,(H,19,20). The Bertz CT molecular complexity index is 779. The van der Waals surface area contributed by atoms with E-state index in [-0.39, 0.29) is 0 Å². The van der Waals surface area contributed by atoms with E-state index in [2.05, 4.69) is 29.4 Å². The van der Waals surface area contributed by atoms with Gasteiger partial charge in [-0.1, -0.05) is 23.7 Å². The molecule has 20 heavy (non-hydrogen) atoms. The van der Waals surface area contributed by atoms with Crippen LogP contribution in [0.3, 0.4) is 0 Å². The summed E-state index contributed by atoms with van der Waals surface area (Å²) in [4.78, 5) is 4.32. The third-order valence-corrected chi connectivity index (χ3v) is 3.38. The van der Waals surface area contributed by atoms with Gasteiger partial charge in [0.1, 0.15) is 0 Å². The first kappa shape index (κ1) is 12.8. The van der Waals surface area contributed by atoms with Crippen LogP contribution in [0.2, 0.25) is 5.02 Å². The molecule has 2 aromatic carbocycles. The van der Waals surface area contributed by atoms with Gasteiger partial charge in [-0.2, -0.15) is 0 Å². The zero-order valence-corrected chi connectivity index (χ0v) is 11.8. The number of nitrogen functional groups attached to an aromatic ring is 1. The zero-order chi connectivity index (χ0) is 14.1. The molecular formula is C16H14ClN3. The van der Waals surface area contributed by atoms with Crippen LogP contribution in [-0.2, 0) is 0 Å². The lowest BCUT2D eigenvalue weighted by Crippen LogP contribution is -1.99. The number of pyridine rings is 1. The number of hydrogen-bond donors (Lipinski definition) is 2. The number of nitrogens with zero attached hydrogens (tertiary/aromatic N) is 1. The fraction of sp³-hybridized carbons (Fsp3) is 0.0625. The maximum Gasteiger partial charge on any atom is 0.0746 e. The van der Waals surface area contributed by atoms with Crippen molar-refractivity contribution >= 4 is 39.6 Å². The molecule has 3 aromatic rings. The number of fused-ring (bicyclic) bond motifs is 1. The minimum Gasteiger partial charge on any atom is -0.396 e. The molecule has 0 bridgehead atoms. The van der Waals surface area contributed by atoms with Crippen LogP contribution in [0.5, 0.6) is 0 Å². The van der Waals surface area contributed by atoms with Crippen molar-refractivity contribution in [3.63, 3.8) is 0 Å². The number of anilines is 3. The van der Waals surface area contributed by atoms with E-state index in [1.807, 2.05) is 30.3 Å². The quantitative estimate of drug-likeness (QED) is 0.727. The molecule has 0 saturated heterocycles. The number of nitrogens with two attached hydrogens (primary N) is 1. The number of rotatable bonds is 2.